The molecule has 0 saturated carbocycles. The van der Waals surface area contributed by atoms with Crippen LogP contribution in [0.3, 0.4) is 0 Å². The molecule has 0 bridgehead atoms. The summed E-state index contributed by atoms with van der Waals surface area (Å²) in [5.41, 5.74) is 0.883. The maximum absolute atomic E-state index is 11.9. The summed E-state index contributed by atoms with van der Waals surface area (Å²) >= 11 is 3.27. The summed E-state index contributed by atoms with van der Waals surface area (Å²) in [6, 6.07) is 7.28. The molecule has 0 amide bonds. The molecule has 0 fully saturated rings. The average Bonchev–Trinajstić information content (AvgIpc) is 2.14. The van der Waals surface area contributed by atoms with Crippen molar-refractivity contribution in [3.8, 4) is 0 Å². The van der Waals surface area contributed by atoms with Crippen molar-refractivity contribution >= 4 is 21.7 Å². The van der Waals surface area contributed by atoms with Gasteiger partial charge in [-0.2, -0.15) is 0 Å². The standard InChI is InChI=1S/C10H9BrF2O/c11-8-3-1-2-7(6-8)4-5-9(14)10(12)13/h1-3,6,10H,4-5H2. The number of alkyl halides is 2. The van der Waals surface area contributed by atoms with E-state index in [9.17, 15) is 13.6 Å². The maximum Gasteiger partial charge on any atom is 0.295 e. The average molecular weight is 263 g/mol. The molecular weight excluding hydrogens is 254 g/mol. The smallest absolute Gasteiger partial charge is 0.293 e. The molecule has 4 heteroatoms. The van der Waals surface area contributed by atoms with Gasteiger partial charge in [0.1, 0.15) is 0 Å². The molecule has 1 nitrogen and oxygen atoms in total. The fourth-order valence-electron chi connectivity index (χ4n) is 1.07. The van der Waals surface area contributed by atoms with Crippen LogP contribution >= 0.6 is 15.9 Å². The van der Waals surface area contributed by atoms with Crippen molar-refractivity contribution in [3.05, 3.63) is 34.3 Å². The Hall–Kier alpha value is -0.770. The zero-order valence-electron chi connectivity index (χ0n) is 7.34. The Bertz CT molecular complexity index is 326. The van der Waals surface area contributed by atoms with E-state index in [0.717, 1.165) is 10.0 Å². The van der Waals surface area contributed by atoms with E-state index in [-0.39, 0.29) is 6.42 Å². The number of carbonyl (C=O) groups is 1. The number of benzene rings is 1. The number of Topliss-reactive ketones (excluding diaryl/α,β-unsaturated/α-hetero) is 1. The Morgan fingerprint density at radius 3 is 2.71 bits per heavy atom. The lowest BCUT2D eigenvalue weighted by Crippen LogP contribution is -2.10. The third-order valence-corrected chi connectivity index (χ3v) is 2.29. The first kappa shape index (κ1) is 11.3. The molecule has 1 aromatic carbocycles. The van der Waals surface area contributed by atoms with Gasteiger partial charge in [0, 0.05) is 10.9 Å². The largest absolute Gasteiger partial charge is 0.295 e. The highest BCUT2D eigenvalue weighted by Crippen LogP contribution is 2.13. The van der Waals surface area contributed by atoms with Crippen LogP contribution in [0.25, 0.3) is 0 Å². The Labute approximate surface area is 89.3 Å². The summed E-state index contributed by atoms with van der Waals surface area (Å²) in [5, 5.41) is 0. The topological polar surface area (TPSA) is 17.1 Å². The maximum atomic E-state index is 11.9. The van der Waals surface area contributed by atoms with Gasteiger partial charge in [-0.05, 0) is 24.1 Å². The number of carbonyl (C=O) groups excluding carboxylic acids is 1. The third kappa shape index (κ3) is 3.54. The van der Waals surface area contributed by atoms with Crippen molar-refractivity contribution in [3.63, 3.8) is 0 Å². The molecule has 0 atom stereocenters. The van der Waals surface area contributed by atoms with Gasteiger partial charge in [-0.1, -0.05) is 28.1 Å². The lowest BCUT2D eigenvalue weighted by molar-refractivity contribution is -0.129. The predicted molar refractivity (Wildman–Crippen MR) is 53.5 cm³/mol. The van der Waals surface area contributed by atoms with E-state index < -0.39 is 12.2 Å². The fraction of sp³-hybridized carbons (Fsp3) is 0.300. The number of aryl methyl sites for hydroxylation is 1. The van der Waals surface area contributed by atoms with E-state index in [2.05, 4.69) is 15.9 Å². The highest BCUT2D eigenvalue weighted by atomic mass is 79.9. The molecular formula is C10H9BrF2O. The van der Waals surface area contributed by atoms with Crippen molar-refractivity contribution in [1.82, 2.24) is 0 Å². The molecule has 76 valence electrons. The van der Waals surface area contributed by atoms with Gasteiger partial charge in [0.05, 0.1) is 0 Å². The molecule has 0 unspecified atom stereocenters. The Morgan fingerprint density at radius 1 is 1.43 bits per heavy atom. The summed E-state index contributed by atoms with van der Waals surface area (Å²) in [5.74, 6) is -0.995. The molecule has 0 N–H and O–H groups in total. The van der Waals surface area contributed by atoms with E-state index >= 15 is 0 Å². The van der Waals surface area contributed by atoms with Crippen molar-refractivity contribution in [1.29, 1.82) is 0 Å². The van der Waals surface area contributed by atoms with E-state index in [1.807, 2.05) is 24.3 Å². The highest BCUT2D eigenvalue weighted by Gasteiger charge is 2.14. The molecule has 0 radical (unpaired) electrons. The van der Waals surface area contributed by atoms with Gasteiger partial charge in [0.2, 0.25) is 0 Å². The summed E-state index contributed by atoms with van der Waals surface area (Å²) in [7, 11) is 0. The minimum atomic E-state index is -2.85. The molecule has 0 saturated heterocycles. The van der Waals surface area contributed by atoms with Crippen LogP contribution in [0.1, 0.15) is 12.0 Å². The normalized spacial score (nSPS) is 10.6. The third-order valence-electron chi connectivity index (χ3n) is 1.79. The lowest BCUT2D eigenvalue weighted by Gasteiger charge is -2.01. The van der Waals surface area contributed by atoms with Gasteiger partial charge in [-0.15, -0.1) is 0 Å². The van der Waals surface area contributed by atoms with Gasteiger partial charge in [0.25, 0.3) is 6.43 Å². The van der Waals surface area contributed by atoms with Gasteiger partial charge in [-0.25, -0.2) is 8.78 Å². The monoisotopic (exact) mass is 262 g/mol. The van der Waals surface area contributed by atoms with E-state index in [1.54, 1.807) is 0 Å². The summed E-state index contributed by atoms with van der Waals surface area (Å²) in [4.78, 5) is 10.6. The molecule has 0 aliphatic rings. The second kappa shape index (κ2) is 5.20. The number of hydrogen-bond donors (Lipinski definition) is 0. The second-order valence-corrected chi connectivity index (χ2v) is 3.81. The molecule has 14 heavy (non-hydrogen) atoms. The zero-order chi connectivity index (χ0) is 10.6. The quantitative estimate of drug-likeness (QED) is 0.815. The Morgan fingerprint density at radius 2 is 2.14 bits per heavy atom. The Balaban J connectivity index is 2.50. The summed E-state index contributed by atoms with van der Waals surface area (Å²) in [6.07, 6.45) is -2.58. The van der Waals surface area contributed by atoms with Crippen molar-refractivity contribution in [2.75, 3.05) is 0 Å². The first-order valence-corrected chi connectivity index (χ1v) is 4.94. The van der Waals surface area contributed by atoms with E-state index in [4.69, 9.17) is 0 Å². The first-order chi connectivity index (χ1) is 6.59. The summed E-state index contributed by atoms with van der Waals surface area (Å²) < 4.78 is 24.6. The molecule has 0 aliphatic carbocycles. The van der Waals surface area contributed by atoms with Crippen LogP contribution in [0.15, 0.2) is 28.7 Å². The molecule has 1 rings (SSSR count). The van der Waals surface area contributed by atoms with Gasteiger partial charge >= 0.3 is 0 Å². The van der Waals surface area contributed by atoms with E-state index in [0.29, 0.717) is 6.42 Å². The molecule has 1 aromatic rings. The van der Waals surface area contributed by atoms with Crippen LogP contribution in [0.5, 0.6) is 0 Å². The fourth-order valence-corrected chi connectivity index (χ4v) is 1.52. The minimum absolute atomic E-state index is 0.103. The number of hydrogen-bond acceptors (Lipinski definition) is 1. The van der Waals surface area contributed by atoms with Crippen LogP contribution in [0.2, 0.25) is 0 Å². The SMILES string of the molecule is O=C(CCc1cccc(Br)c1)C(F)F. The Kier molecular flexibility index (Phi) is 4.20. The van der Waals surface area contributed by atoms with Gasteiger partial charge in [0.15, 0.2) is 5.78 Å². The highest BCUT2D eigenvalue weighted by molar-refractivity contribution is 9.10. The zero-order valence-corrected chi connectivity index (χ0v) is 8.93. The second-order valence-electron chi connectivity index (χ2n) is 2.90. The van der Waals surface area contributed by atoms with Crippen molar-refractivity contribution in [2.24, 2.45) is 0 Å². The van der Waals surface area contributed by atoms with Gasteiger partial charge < -0.3 is 0 Å². The molecule has 0 heterocycles. The van der Waals surface area contributed by atoms with Crippen LogP contribution in [0.4, 0.5) is 8.78 Å². The van der Waals surface area contributed by atoms with Crippen LogP contribution in [-0.4, -0.2) is 12.2 Å². The number of halogens is 3. The molecule has 0 spiro atoms. The van der Waals surface area contributed by atoms with Crippen molar-refractivity contribution in [2.45, 2.75) is 19.3 Å². The number of ketones is 1. The lowest BCUT2D eigenvalue weighted by atomic mass is 10.1. The number of rotatable bonds is 4. The van der Waals surface area contributed by atoms with Crippen molar-refractivity contribution < 1.29 is 13.6 Å². The van der Waals surface area contributed by atoms with Crippen LogP contribution in [-0.2, 0) is 11.2 Å². The predicted octanol–water partition coefficient (Wildman–Crippen LogP) is 3.22. The summed E-state index contributed by atoms with van der Waals surface area (Å²) in [6.45, 7) is 0. The molecule has 0 aliphatic heterocycles. The van der Waals surface area contributed by atoms with Crippen LogP contribution < -0.4 is 0 Å². The van der Waals surface area contributed by atoms with Gasteiger partial charge in [-0.3, -0.25) is 4.79 Å². The van der Waals surface area contributed by atoms with E-state index in [1.165, 1.54) is 0 Å². The van der Waals surface area contributed by atoms with Crippen LogP contribution in [0, 0.1) is 0 Å². The minimum Gasteiger partial charge on any atom is -0.293 e. The first-order valence-electron chi connectivity index (χ1n) is 4.15. The molecule has 0 aromatic heterocycles.